The molecule has 1 heterocycles. The first-order chi connectivity index (χ1) is 21.0. The van der Waals surface area contributed by atoms with E-state index in [4.69, 9.17) is 28.4 Å². The number of hydrogen-bond donors (Lipinski definition) is 1. The first-order valence-electron chi connectivity index (χ1n) is 15.1. The topological polar surface area (TPSA) is 91.0 Å². The van der Waals surface area contributed by atoms with Gasteiger partial charge in [-0.3, -0.25) is 10.2 Å². The van der Waals surface area contributed by atoms with Gasteiger partial charge in [-0.05, 0) is 30.2 Å². The molecule has 0 unspecified atom stereocenters. The zero-order valence-corrected chi connectivity index (χ0v) is 26.7. The number of amides is 1. The first kappa shape index (κ1) is 33.7. The molecule has 0 aromatic heterocycles. The van der Waals surface area contributed by atoms with Gasteiger partial charge in [0.1, 0.15) is 0 Å². The van der Waals surface area contributed by atoms with Crippen LogP contribution in [0.25, 0.3) is 6.08 Å². The van der Waals surface area contributed by atoms with Gasteiger partial charge in [-0.1, -0.05) is 45.4 Å². The maximum absolute atomic E-state index is 12.7. The van der Waals surface area contributed by atoms with Crippen molar-refractivity contribution < 1.29 is 33.2 Å². The van der Waals surface area contributed by atoms with Crippen LogP contribution in [-0.4, -0.2) is 79.3 Å². The van der Waals surface area contributed by atoms with E-state index in [1.54, 1.807) is 41.6 Å². The van der Waals surface area contributed by atoms with Gasteiger partial charge in [-0.15, -0.1) is 0 Å². The largest absolute Gasteiger partial charge is 0.493 e. The highest BCUT2D eigenvalue weighted by atomic mass is 16.5. The summed E-state index contributed by atoms with van der Waals surface area (Å²) in [5, 5.41) is 1.92. The molecule has 1 N–H and O–H groups in total. The molecule has 43 heavy (non-hydrogen) atoms. The highest BCUT2D eigenvalue weighted by Crippen LogP contribution is 2.41. The van der Waals surface area contributed by atoms with E-state index in [2.05, 4.69) is 17.2 Å². The number of hydrazine groups is 1. The Morgan fingerprint density at radius 2 is 1.26 bits per heavy atom. The third-order valence-corrected chi connectivity index (χ3v) is 7.47. The van der Waals surface area contributed by atoms with E-state index < -0.39 is 0 Å². The second kappa shape index (κ2) is 18.0. The van der Waals surface area contributed by atoms with Gasteiger partial charge in [-0.25, -0.2) is 5.01 Å². The molecule has 2 aromatic rings. The van der Waals surface area contributed by atoms with Crippen LogP contribution in [0.2, 0.25) is 0 Å². The fourth-order valence-corrected chi connectivity index (χ4v) is 5.06. The summed E-state index contributed by atoms with van der Waals surface area (Å²) in [5.41, 5.74) is 4.72. The number of rotatable bonds is 18. The van der Waals surface area contributed by atoms with E-state index in [9.17, 15) is 4.79 Å². The average Bonchev–Trinajstić information content (AvgIpc) is 3.04. The summed E-state index contributed by atoms with van der Waals surface area (Å²) < 4.78 is 33.7. The Morgan fingerprint density at radius 1 is 0.721 bits per heavy atom. The summed E-state index contributed by atoms with van der Waals surface area (Å²) in [5.74, 6) is 3.31. The Hall–Kier alpha value is -3.79. The zero-order valence-electron chi connectivity index (χ0n) is 26.7. The zero-order chi connectivity index (χ0) is 31.0. The molecule has 1 amide bonds. The fraction of sp³-hybridized carbons (Fsp3) is 0.545. The van der Waals surface area contributed by atoms with Crippen LogP contribution in [0.15, 0.2) is 30.3 Å². The fourth-order valence-electron chi connectivity index (χ4n) is 5.06. The molecule has 0 atom stereocenters. The van der Waals surface area contributed by atoms with Crippen LogP contribution in [0.5, 0.6) is 34.5 Å². The van der Waals surface area contributed by atoms with Gasteiger partial charge in [0.05, 0.1) is 42.2 Å². The number of nitrogens with one attached hydrogen (secondary N) is 1. The monoisotopic (exact) mass is 599 g/mol. The number of ether oxygens (including phenoxy) is 6. The Balaban J connectivity index is 1.52. The standard InChI is InChI=1S/C33H49N3O7/c1-7-8-9-10-11-12-13-20-43-33-27(38-2)21-25(22-28(33)39-3)14-15-31(37)34-36-18-16-35(17-19-36)26-23-29(40-4)32(42-6)30(24-26)41-5/h14-15,21-24H,7-13,16-20H2,1-6H3,(H,34,37)/b15-14+. The number of hydrogen-bond acceptors (Lipinski definition) is 9. The van der Waals surface area contributed by atoms with E-state index in [1.807, 2.05) is 29.3 Å². The summed E-state index contributed by atoms with van der Waals surface area (Å²) in [6, 6.07) is 7.57. The Bertz CT molecular complexity index is 1130. The third kappa shape index (κ3) is 9.88. The number of anilines is 1. The second-order valence-electron chi connectivity index (χ2n) is 10.4. The lowest BCUT2D eigenvalue weighted by Gasteiger charge is -2.36. The Labute approximate surface area is 256 Å². The maximum atomic E-state index is 12.7. The molecule has 0 spiro atoms. The van der Waals surface area contributed by atoms with Crippen molar-refractivity contribution in [1.29, 1.82) is 0 Å². The lowest BCUT2D eigenvalue weighted by molar-refractivity contribution is -0.121. The molecule has 0 aliphatic carbocycles. The van der Waals surface area contributed by atoms with Crippen molar-refractivity contribution in [3.63, 3.8) is 0 Å². The molecule has 0 bridgehead atoms. The van der Waals surface area contributed by atoms with Crippen LogP contribution in [0.4, 0.5) is 5.69 Å². The van der Waals surface area contributed by atoms with Gasteiger partial charge in [0.15, 0.2) is 23.0 Å². The van der Waals surface area contributed by atoms with Crippen LogP contribution in [-0.2, 0) is 4.79 Å². The molecular formula is C33H49N3O7. The Morgan fingerprint density at radius 3 is 1.79 bits per heavy atom. The number of carbonyl (C=O) groups is 1. The van der Waals surface area contributed by atoms with E-state index >= 15 is 0 Å². The van der Waals surface area contributed by atoms with Crippen LogP contribution in [0.1, 0.15) is 57.4 Å². The lowest BCUT2D eigenvalue weighted by atomic mass is 10.1. The van der Waals surface area contributed by atoms with E-state index in [0.29, 0.717) is 54.2 Å². The normalized spacial score (nSPS) is 13.6. The minimum Gasteiger partial charge on any atom is -0.493 e. The van der Waals surface area contributed by atoms with E-state index in [1.165, 1.54) is 38.2 Å². The number of benzene rings is 2. The van der Waals surface area contributed by atoms with Gasteiger partial charge >= 0.3 is 0 Å². The Kier molecular flexibility index (Phi) is 14.1. The van der Waals surface area contributed by atoms with Crippen LogP contribution >= 0.6 is 0 Å². The van der Waals surface area contributed by atoms with Crippen molar-refractivity contribution in [3.8, 4) is 34.5 Å². The predicted molar refractivity (Wildman–Crippen MR) is 170 cm³/mol. The molecular weight excluding hydrogens is 550 g/mol. The van der Waals surface area contributed by atoms with Crippen molar-refractivity contribution in [3.05, 3.63) is 35.9 Å². The van der Waals surface area contributed by atoms with E-state index in [0.717, 1.165) is 37.2 Å². The molecule has 0 radical (unpaired) electrons. The molecule has 10 heteroatoms. The highest BCUT2D eigenvalue weighted by molar-refractivity contribution is 5.91. The van der Waals surface area contributed by atoms with Crippen molar-refractivity contribution in [2.24, 2.45) is 0 Å². The van der Waals surface area contributed by atoms with Crippen molar-refractivity contribution in [1.82, 2.24) is 10.4 Å². The van der Waals surface area contributed by atoms with Crippen molar-refractivity contribution in [2.45, 2.75) is 51.9 Å². The molecule has 238 valence electrons. The van der Waals surface area contributed by atoms with Gasteiger partial charge in [-0.2, -0.15) is 0 Å². The van der Waals surface area contributed by atoms with E-state index in [-0.39, 0.29) is 5.91 Å². The lowest BCUT2D eigenvalue weighted by Crippen LogP contribution is -2.53. The maximum Gasteiger partial charge on any atom is 0.258 e. The molecule has 2 aromatic carbocycles. The van der Waals surface area contributed by atoms with Gasteiger partial charge in [0.25, 0.3) is 5.91 Å². The molecule has 0 saturated carbocycles. The van der Waals surface area contributed by atoms with Gasteiger partial charge < -0.3 is 33.3 Å². The number of unbranched alkanes of at least 4 members (excludes halogenated alkanes) is 6. The van der Waals surface area contributed by atoms with Crippen molar-refractivity contribution >= 4 is 17.7 Å². The minimum atomic E-state index is -0.210. The molecule has 1 aliphatic heterocycles. The van der Waals surface area contributed by atoms with Gasteiger partial charge in [0.2, 0.25) is 11.5 Å². The van der Waals surface area contributed by atoms with Crippen LogP contribution < -0.4 is 38.7 Å². The number of nitrogens with zero attached hydrogens (tertiary/aromatic N) is 2. The number of methoxy groups -OCH3 is 5. The van der Waals surface area contributed by atoms with Crippen molar-refractivity contribution in [2.75, 3.05) is 73.2 Å². The summed E-state index contributed by atoms with van der Waals surface area (Å²) in [6.07, 6.45) is 11.8. The molecule has 3 rings (SSSR count). The number of carbonyl (C=O) groups excluding carboxylic acids is 1. The summed E-state index contributed by atoms with van der Waals surface area (Å²) in [7, 11) is 8.01. The number of piperazine rings is 1. The summed E-state index contributed by atoms with van der Waals surface area (Å²) >= 11 is 0. The van der Waals surface area contributed by atoms with Crippen LogP contribution in [0.3, 0.4) is 0 Å². The minimum absolute atomic E-state index is 0.210. The SMILES string of the molecule is CCCCCCCCCOc1c(OC)cc(/C=C/C(=O)NN2CCN(c3cc(OC)c(OC)c(OC)c3)CC2)cc1OC. The first-order valence-corrected chi connectivity index (χ1v) is 15.1. The smallest absolute Gasteiger partial charge is 0.258 e. The molecule has 1 saturated heterocycles. The molecule has 10 nitrogen and oxygen atoms in total. The summed E-state index contributed by atoms with van der Waals surface area (Å²) in [6.45, 7) is 5.58. The van der Waals surface area contributed by atoms with Crippen LogP contribution in [0, 0.1) is 0 Å². The second-order valence-corrected chi connectivity index (χ2v) is 10.4. The predicted octanol–water partition coefficient (Wildman–Crippen LogP) is 5.73. The average molecular weight is 600 g/mol. The third-order valence-electron chi connectivity index (χ3n) is 7.47. The summed E-state index contributed by atoms with van der Waals surface area (Å²) in [4.78, 5) is 15.0. The highest BCUT2D eigenvalue weighted by Gasteiger charge is 2.22. The quantitative estimate of drug-likeness (QED) is 0.171. The van der Waals surface area contributed by atoms with Gasteiger partial charge in [0, 0.05) is 50.1 Å². The molecule has 1 fully saturated rings. The molecule has 1 aliphatic rings.